The van der Waals surface area contributed by atoms with Gasteiger partial charge in [-0.25, -0.2) is 19.2 Å². The molecule has 20 heteroatoms. The van der Waals surface area contributed by atoms with Crippen molar-refractivity contribution in [3.8, 4) is 34.5 Å². The summed E-state index contributed by atoms with van der Waals surface area (Å²) in [5, 5.41) is 18.0. The van der Waals surface area contributed by atoms with Crippen LogP contribution in [0.15, 0.2) is 231 Å². The molecule has 1 aliphatic rings. The number of aromatic carboxylic acids is 1. The summed E-state index contributed by atoms with van der Waals surface area (Å²) in [5.74, 6) is -8.26. The predicted octanol–water partition coefficient (Wildman–Crippen LogP) is 10.2. The topological polar surface area (TPSA) is 259 Å². The number of carbonyl (C=O) groups excluding carboxylic acids is 6. The van der Waals surface area contributed by atoms with Crippen LogP contribution in [0.5, 0.6) is 34.5 Å². The molecule has 3 amide bonds. The molecule has 20 nitrogen and oxygen atoms in total. The number of carboxylic acid groups (broad SMARTS) is 1. The second kappa shape index (κ2) is 32.0. The van der Waals surface area contributed by atoms with Gasteiger partial charge in [0.2, 0.25) is 0 Å². The zero-order valence-electron chi connectivity index (χ0n) is 50.0. The summed E-state index contributed by atoms with van der Waals surface area (Å²) in [7, 11) is 0. The Morgan fingerprint density at radius 1 is 0.333 bits per heavy atom. The summed E-state index contributed by atoms with van der Waals surface area (Å²) >= 11 is 0. The van der Waals surface area contributed by atoms with Gasteiger partial charge in [0.15, 0.2) is 52.6 Å². The van der Waals surface area contributed by atoms with Gasteiger partial charge in [-0.15, -0.1) is 0 Å². The van der Waals surface area contributed by atoms with E-state index in [1.54, 1.807) is 84.9 Å². The lowest BCUT2D eigenvalue weighted by atomic mass is 10.1. The molecule has 1 heterocycles. The molecule has 0 spiro atoms. The van der Waals surface area contributed by atoms with Crippen LogP contribution in [-0.4, -0.2) is 84.7 Å². The number of benzene rings is 9. The molecule has 10 rings (SSSR count). The molecule has 93 heavy (non-hydrogen) atoms. The first kappa shape index (κ1) is 64.1. The third kappa shape index (κ3) is 17.9. The van der Waals surface area contributed by atoms with E-state index in [0.717, 1.165) is 28.3 Å². The van der Waals surface area contributed by atoms with Crippen LogP contribution < -0.4 is 44.4 Å². The van der Waals surface area contributed by atoms with Crippen molar-refractivity contribution in [3.63, 3.8) is 0 Å². The fourth-order valence-corrected chi connectivity index (χ4v) is 9.47. The van der Waals surface area contributed by atoms with Gasteiger partial charge in [0.1, 0.15) is 59.5 Å². The molecule has 472 valence electrons. The van der Waals surface area contributed by atoms with Crippen molar-refractivity contribution in [2.45, 2.75) is 57.8 Å². The first-order valence-corrected chi connectivity index (χ1v) is 29.5. The summed E-state index contributed by atoms with van der Waals surface area (Å²) in [6, 6.07) is 60.3. The van der Waals surface area contributed by atoms with Crippen LogP contribution in [0.1, 0.15) is 74.8 Å². The third-order valence-electron chi connectivity index (χ3n) is 14.3. The third-order valence-corrected chi connectivity index (χ3v) is 14.3. The Morgan fingerprint density at radius 2 is 0.602 bits per heavy atom. The average Bonchev–Trinajstić information content (AvgIpc) is 1.12. The van der Waals surface area contributed by atoms with E-state index in [1.807, 2.05) is 121 Å². The summed E-state index contributed by atoms with van der Waals surface area (Å²) < 4.78 is 54.5. The minimum Gasteiger partial charge on any atom is -0.485 e. The maximum atomic E-state index is 14.9. The normalized spacial score (nSPS) is 14.8. The van der Waals surface area contributed by atoms with Crippen molar-refractivity contribution in [3.05, 3.63) is 286 Å². The van der Waals surface area contributed by atoms with Crippen LogP contribution in [0.4, 0.5) is 0 Å². The number of nitrogens with one attached hydrogen (secondary N) is 3. The number of cyclic esters (lactones) is 3. The van der Waals surface area contributed by atoms with Crippen LogP contribution >= 0.6 is 0 Å². The summed E-state index contributed by atoms with van der Waals surface area (Å²) in [6.45, 7) is -2.92. The second-order valence-corrected chi connectivity index (χ2v) is 21.0. The van der Waals surface area contributed by atoms with Crippen molar-refractivity contribution in [2.75, 3.05) is 19.8 Å². The van der Waals surface area contributed by atoms with Gasteiger partial charge in [0.25, 0.3) is 17.7 Å². The Balaban J connectivity index is 0.975. The highest BCUT2D eigenvalue weighted by Gasteiger charge is 2.36. The molecule has 0 bridgehead atoms. The van der Waals surface area contributed by atoms with Gasteiger partial charge in [-0.2, -0.15) is 0 Å². The van der Waals surface area contributed by atoms with Gasteiger partial charge < -0.3 is 63.7 Å². The first-order valence-electron chi connectivity index (χ1n) is 29.5. The molecule has 0 aromatic heterocycles. The quantitative estimate of drug-likeness (QED) is 0.0306. The standard InChI is InChI=1S/C73H63N3O17/c77-67(55-33-19-35-61(85-39-48-21-7-1-8-22-48)64(55)88-42-51-27-13-4-14-28-51)74-58-45-91-71(82)59(75-68(78)56-34-20-36-62(86-40-49-23-9-2-10-24-49)65(56)89-43-52-29-15-5-16-30-52)46-92-73(84)60(47-93-72(58)83)76-69(79)57-37-54(70(80)81)38-63(87-41-50-25-11-3-12-26-50)66(57)90-44-53-31-17-6-18-32-53/h1-38,58-60H,39-47H2,(H,74,77)(H,75,78)(H,76,79)(H,80,81)/t58-,59-,60?/m0/s1. The van der Waals surface area contributed by atoms with Gasteiger partial charge in [-0.3, -0.25) is 14.4 Å². The Hall–Kier alpha value is -11.9. The van der Waals surface area contributed by atoms with Gasteiger partial charge in [-0.1, -0.05) is 194 Å². The van der Waals surface area contributed by atoms with E-state index in [1.165, 1.54) is 18.2 Å². The highest BCUT2D eigenvalue weighted by atomic mass is 16.6. The first-order chi connectivity index (χ1) is 45.4. The molecule has 0 aliphatic carbocycles. The Kier molecular flexibility index (Phi) is 22.0. The molecule has 9 aromatic rings. The minimum absolute atomic E-state index is 0.00374. The maximum absolute atomic E-state index is 14.9. The maximum Gasteiger partial charge on any atom is 0.335 e. The minimum atomic E-state index is -1.94. The monoisotopic (exact) mass is 1250 g/mol. The van der Waals surface area contributed by atoms with Crippen LogP contribution in [-0.2, 0) is 68.2 Å². The van der Waals surface area contributed by atoms with Crippen molar-refractivity contribution >= 4 is 41.6 Å². The number of carboxylic acids is 1. The van der Waals surface area contributed by atoms with Crippen LogP contribution in [0.25, 0.3) is 0 Å². The molecule has 4 N–H and O–H groups in total. The number of carbonyl (C=O) groups is 7. The summed E-state index contributed by atoms with van der Waals surface area (Å²) in [5.41, 5.74) is 3.45. The highest BCUT2D eigenvalue weighted by Crippen LogP contribution is 2.37. The predicted molar refractivity (Wildman–Crippen MR) is 338 cm³/mol. The largest absolute Gasteiger partial charge is 0.485 e. The number of hydrogen-bond acceptors (Lipinski definition) is 16. The van der Waals surface area contributed by atoms with E-state index in [-0.39, 0.29) is 85.3 Å². The van der Waals surface area contributed by atoms with Crippen molar-refractivity contribution in [1.29, 1.82) is 0 Å². The number of rotatable bonds is 25. The Bertz CT molecular complexity index is 3890. The average molecular weight is 1250 g/mol. The molecule has 9 aromatic carbocycles. The van der Waals surface area contributed by atoms with Gasteiger partial charge in [-0.05, 0) is 69.8 Å². The molecule has 0 saturated carbocycles. The zero-order chi connectivity index (χ0) is 64.7. The molecule has 0 radical (unpaired) electrons. The number of hydrogen-bond donors (Lipinski definition) is 4. The molecular formula is C73H63N3O17. The number of amides is 3. The molecule has 3 atom stereocenters. The van der Waals surface area contributed by atoms with E-state index in [9.17, 15) is 38.7 Å². The van der Waals surface area contributed by atoms with Gasteiger partial charge >= 0.3 is 23.9 Å². The van der Waals surface area contributed by atoms with Crippen molar-refractivity contribution in [2.24, 2.45) is 0 Å². The lowest BCUT2D eigenvalue weighted by Crippen LogP contribution is -2.52. The fourth-order valence-electron chi connectivity index (χ4n) is 9.47. The van der Waals surface area contributed by atoms with E-state index < -0.39 is 90.7 Å². The molecular weight excluding hydrogens is 1190 g/mol. The molecule has 1 fully saturated rings. The van der Waals surface area contributed by atoms with Crippen molar-refractivity contribution in [1.82, 2.24) is 16.0 Å². The zero-order valence-corrected chi connectivity index (χ0v) is 50.0. The molecule has 1 aliphatic heterocycles. The molecule has 1 saturated heterocycles. The Morgan fingerprint density at radius 3 is 0.903 bits per heavy atom. The van der Waals surface area contributed by atoms with E-state index in [4.69, 9.17) is 42.6 Å². The van der Waals surface area contributed by atoms with Crippen LogP contribution in [0.3, 0.4) is 0 Å². The highest BCUT2D eigenvalue weighted by molar-refractivity contribution is 6.03. The lowest BCUT2D eigenvalue weighted by molar-refractivity contribution is -0.160. The summed E-state index contributed by atoms with van der Waals surface area (Å²) in [4.78, 5) is 101. The van der Waals surface area contributed by atoms with Gasteiger partial charge in [0.05, 0.1) is 22.3 Å². The Labute approximate surface area is 534 Å². The van der Waals surface area contributed by atoms with E-state index >= 15 is 0 Å². The smallest absolute Gasteiger partial charge is 0.335 e. The summed E-state index contributed by atoms with van der Waals surface area (Å²) in [6.07, 6.45) is 0. The number of esters is 3. The SMILES string of the molecule is O=C(O)c1cc(OCc2ccccc2)c(OCc2ccccc2)c(C(=O)NC2COC(=O)[C@@H](NC(=O)c3cccc(OCc4ccccc4)c3OCc3ccccc3)COC(=O)[C@@H](NC(=O)c3cccc(OCc4ccccc4)c3OCc3ccccc3)COC2=O)c1. The van der Waals surface area contributed by atoms with Crippen LogP contribution in [0.2, 0.25) is 0 Å². The number of ether oxygens (including phenoxy) is 9. The van der Waals surface area contributed by atoms with E-state index in [0.29, 0.717) is 11.1 Å². The molecule has 1 unspecified atom stereocenters. The fraction of sp³-hybridized carbons (Fsp3) is 0.164. The van der Waals surface area contributed by atoms with E-state index in [2.05, 4.69) is 16.0 Å². The van der Waals surface area contributed by atoms with Gasteiger partial charge in [0, 0.05) is 0 Å². The number of para-hydroxylation sites is 2. The second-order valence-electron chi connectivity index (χ2n) is 21.0. The lowest BCUT2D eigenvalue weighted by Gasteiger charge is -2.25. The van der Waals surface area contributed by atoms with Crippen LogP contribution in [0, 0.1) is 0 Å². The van der Waals surface area contributed by atoms with Crippen molar-refractivity contribution < 1.29 is 81.3 Å².